The minimum Gasteiger partial charge on any atom is -0.332 e. The van der Waals surface area contributed by atoms with Gasteiger partial charge in [-0.15, -0.1) is 0 Å². The highest BCUT2D eigenvalue weighted by molar-refractivity contribution is 5.96. The highest BCUT2D eigenvalue weighted by atomic mass is 19.4. The number of hydrogen-bond donors (Lipinski definition) is 0. The maximum absolute atomic E-state index is 14.1. The highest BCUT2D eigenvalue weighted by Gasteiger charge is 2.41. The maximum Gasteiger partial charge on any atom is 0.419 e. The zero-order chi connectivity index (χ0) is 17.5. The Labute approximate surface area is 130 Å². The van der Waals surface area contributed by atoms with Crippen molar-refractivity contribution in [1.82, 2.24) is 9.80 Å². The Bertz CT molecular complexity index is 645. The van der Waals surface area contributed by atoms with E-state index in [1.54, 1.807) is 0 Å². The first-order valence-electron chi connectivity index (χ1n) is 6.97. The van der Waals surface area contributed by atoms with E-state index >= 15 is 0 Å². The van der Waals surface area contributed by atoms with Crippen LogP contribution in [0, 0.1) is 5.82 Å². The van der Waals surface area contributed by atoms with E-state index in [1.807, 2.05) is 0 Å². The molecule has 1 aliphatic rings. The van der Waals surface area contributed by atoms with Gasteiger partial charge < -0.3 is 9.80 Å². The average molecular weight is 332 g/mol. The minimum atomic E-state index is -4.82. The number of hydrogen-bond acceptors (Lipinski definition) is 2. The Morgan fingerprint density at radius 1 is 1.09 bits per heavy atom. The van der Waals surface area contributed by atoms with Gasteiger partial charge in [0.1, 0.15) is 17.9 Å². The van der Waals surface area contributed by atoms with Crippen molar-refractivity contribution in [3.8, 4) is 0 Å². The zero-order valence-electron chi connectivity index (χ0n) is 12.8. The second-order valence-electron chi connectivity index (χ2n) is 5.54. The van der Waals surface area contributed by atoms with Gasteiger partial charge >= 0.3 is 6.18 Å². The summed E-state index contributed by atoms with van der Waals surface area (Å²) in [6.45, 7) is 2.59. The van der Waals surface area contributed by atoms with E-state index in [0.29, 0.717) is 6.07 Å². The molecule has 0 bridgehead atoms. The molecule has 1 fully saturated rings. The summed E-state index contributed by atoms with van der Waals surface area (Å²) in [5.74, 6) is -2.19. The summed E-state index contributed by atoms with van der Waals surface area (Å²) in [6, 6.07) is 1.29. The minimum absolute atomic E-state index is 0.274. The number of carbonyl (C=O) groups excluding carboxylic acids is 2. The van der Waals surface area contributed by atoms with E-state index in [9.17, 15) is 27.2 Å². The van der Waals surface area contributed by atoms with Crippen LogP contribution in [0.1, 0.15) is 25.0 Å². The predicted octanol–water partition coefficient (Wildman–Crippen LogP) is 2.42. The fraction of sp³-hybridized carbons (Fsp3) is 0.467. The van der Waals surface area contributed by atoms with E-state index in [4.69, 9.17) is 0 Å². The number of amides is 2. The lowest BCUT2D eigenvalue weighted by molar-refractivity contribution is -0.159. The quantitative estimate of drug-likeness (QED) is 0.781. The summed E-state index contributed by atoms with van der Waals surface area (Å²) < 4.78 is 52.4. The van der Waals surface area contributed by atoms with Gasteiger partial charge in [0.2, 0.25) is 11.8 Å². The van der Waals surface area contributed by atoms with Gasteiger partial charge in [-0.05, 0) is 19.9 Å². The first-order chi connectivity index (χ1) is 10.6. The van der Waals surface area contributed by atoms with Crippen LogP contribution in [-0.2, 0) is 22.3 Å². The third kappa shape index (κ3) is 3.02. The Kier molecular flexibility index (Phi) is 4.37. The summed E-state index contributed by atoms with van der Waals surface area (Å²) in [5, 5.41) is 0. The van der Waals surface area contributed by atoms with Crippen LogP contribution < -0.4 is 0 Å². The van der Waals surface area contributed by atoms with Gasteiger partial charge in [-0.25, -0.2) is 4.39 Å². The van der Waals surface area contributed by atoms with Crippen LogP contribution in [0.5, 0.6) is 0 Å². The first-order valence-corrected chi connectivity index (χ1v) is 6.97. The Hall–Kier alpha value is -2.12. The van der Waals surface area contributed by atoms with E-state index in [1.165, 1.54) is 31.9 Å². The van der Waals surface area contributed by atoms with Gasteiger partial charge in [-0.1, -0.05) is 12.1 Å². The maximum atomic E-state index is 14.1. The summed E-state index contributed by atoms with van der Waals surface area (Å²) in [7, 11) is 1.48. The number of likely N-dealkylation sites (N-methyl/N-ethyl adjacent to an activating group) is 1. The van der Waals surface area contributed by atoms with Crippen molar-refractivity contribution in [3.63, 3.8) is 0 Å². The summed E-state index contributed by atoms with van der Waals surface area (Å²) in [4.78, 5) is 26.7. The van der Waals surface area contributed by atoms with Crippen molar-refractivity contribution in [2.75, 3.05) is 7.05 Å². The Balaban J connectivity index is 2.35. The van der Waals surface area contributed by atoms with E-state index < -0.39 is 35.5 Å². The molecule has 0 spiro atoms. The highest BCUT2D eigenvalue weighted by Crippen LogP contribution is 2.33. The number of alkyl halides is 3. The molecular weight excluding hydrogens is 316 g/mol. The third-order valence-corrected chi connectivity index (χ3v) is 4.12. The molecule has 0 saturated carbocycles. The second-order valence-corrected chi connectivity index (χ2v) is 5.54. The third-order valence-electron chi connectivity index (χ3n) is 4.12. The second kappa shape index (κ2) is 5.82. The lowest BCUT2D eigenvalue weighted by atomic mass is 10.0. The van der Waals surface area contributed by atoms with Gasteiger partial charge in [-0.2, -0.15) is 13.2 Å². The number of rotatable bonds is 2. The molecule has 0 unspecified atom stereocenters. The molecule has 2 amide bonds. The van der Waals surface area contributed by atoms with Crippen LogP contribution in [0.25, 0.3) is 0 Å². The molecule has 0 radical (unpaired) electrons. The van der Waals surface area contributed by atoms with Gasteiger partial charge in [0.15, 0.2) is 0 Å². The molecule has 2 rings (SSSR count). The molecule has 0 N–H and O–H groups in total. The fourth-order valence-electron chi connectivity index (χ4n) is 2.53. The molecular formula is C15H16F4N2O2. The predicted molar refractivity (Wildman–Crippen MR) is 73.6 cm³/mol. The monoisotopic (exact) mass is 332 g/mol. The normalized spacial score (nSPS) is 22.7. The number of piperazine rings is 1. The zero-order valence-corrected chi connectivity index (χ0v) is 12.8. The van der Waals surface area contributed by atoms with Crippen LogP contribution in [0.4, 0.5) is 17.6 Å². The topological polar surface area (TPSA) is 40.6 Å². The van der Waals surface area contributed by atoms with Crippen LogP contribution in [0.3, 0.4) is 0 Å². The number of benzene rings is 1. The number of nitrogens with zero attached hydrogens (tertiary/aromatic N) is 2. The van der Waals surface area contributed by atoms with Gasteiger partial charge in [-0.3, -0.25) is 9.59 Å². The van der Waals surface area contributed by atoms with Crippen molar-refractivity contribution < 1.29 is 27.2 Å². The molecule has 1 saturated heterocycles. The van der Waals surface area contributed by atoms with E-state index in [-0.39, 0.29) is 18.0 Å². The molecule has 0 aromatic heterocycles. The molecule has 1 aromatic carbocycles. The fourth-order valence-corrected chi connectivity index (χ4v) is 2.53. The molecule has 1 aromatic rings. The van der Waals surface area contributed by atoms with Crippen LogP contribution in [0.2, 0.25) is 0 Å². The van der Waals surface area contributed by atoms with Crippen LogP contribution in [-0.4, -0.2) is 40.7 Å². The number of halogens is 4. The molecule has 4 nitrogen and oxygen atoms in total. The van der Waals surface area contributed by atoms with Gasteiger partial charge in [0.25, 0.3) is 0 Å². The van der Waals surface area contributed by atoms with E-state index in [0.717, 1.165) is 11.0 Å². The Morgan fingerprint density at radius 2 is 1.70 bits per heavy atom. The average Bonchev–Trinajstić information content (AvgIpc) is 2.48. The molecule has 126 valence electrons. The van der Waals surface area contributed by atoms with Gasteiger partial charge in [0.05, 0.1) is 5.56 Å². The molecule has 1 aliphatic heterocycles. The molecule has 2 atom stereocenters. The molecule has 1 heterocycles. The van der Waals surface area contributed by atoms with E-state index in [2.05, 4.69) is 0 Å². The van der Waals surface area contributed by atoms with Crippen molar-refractivity contribution in [1.29, 1.82) is 0 Å². The standard InChI is InChI=1S/C15H16F4N2O2/c1-8-14(23)21(9(2)13(22)20(8)3)7-10-5-4-6-11(12(10)16)15(17,18)19/h4-6,8-9H,7H2,1-3H3/t8-,9-/m0/s1. The summed E-state index contributed by atoms with van der Waals surface area (Å²) in [5.41, 5.74) is -1.66. The number of carbonyl (C=O) groups is 2. The lowest BCUT2D eigenvalue weighted by Gasteiger charge is -2.41. The summed E-state index contributed by atoms with van der Waals surface area (Å²) in [6.07, 6.45) is -4.82. The van der Waals surface area contributed by atoms with Crippen molar-refractivity contribution >= 4 is 11.8 Å². The molecule has 0 aliphatic carbocycles. The van der Waals surface area contributed by atoms with Crippen LogP contribution >= 0.6 is 0 Å². The molecule has 23 heavy (non-hydrogen) atoms. The van der Waals surface area contributed by atoms with Crippen molar-refractivity contribution in [2.24, 2.45) is 0 Å². The summed E-state index contributed by atoms with van der Waals surface area (Å²) >= 11 is 0. The van der Waals surface area contributed by atoms with Gasteiger partial charge in [0, 0.05) is 19.2 Å². The lowest BCUT2D eigenvalue weighted by Crippen LogP contribution is -2.61. The SMILES string of the molecule is C[C@H]1C(=O)N(Cc2cccc(C(F)(F)F)c2F)[C@@H](C)C(=O)N1C. The van der Waals surface area contributed by atoms with Crippen molar-refractivity contribution in [2.45, 2.75) is 38.7 Å². The van der Waals surface area contributed by atoms with Crippen LogP contribution in [0.15, 0.2) is 18.2 Å². The Morgan fingerprint density at radius 3 is 2.26 bits per heavy atom. The van der Waals surface area contributed by atoms with Crippen molar-refractivity contribution in [3.05, 3.63) is 35.1 Å². The first kappa shape index (κ1) is 17.2. The largest absolute Gasteiger partial charge is 0.419 e. The molecule has 8 heteroatoms. The smallest absolute Gasteiger partial charge is 0.332 e.